The Bertz CT molecular complexity index is 890. The van der Waals surface area contributed by atoms with Gasteiger partial charge in [0.1, 0.15) is 0 Å². The highest BCUT2D eigenvalue weighted by molar-refractivity contribution is 5.87. The van der Waals surface area contributed by atoms with E-state index >= 15 is 0 Å². The fourth-order valence-electron chi connectivity index (χ4n) is 5.24. The van der Waals surface area contributed by atoms with Crippen LogP contribution >= 0.6 is 0 Å². The van der Waals surface area contributed by atoms with Gasteiger partial charge < -0.3 is 9.88 Å². The molecule has 136 valence electrons. The molecule has 1 N–H and O–H groups in total. The first kappa shape index (κ1) is 15.3. The van der Waals surface area contributed by atoms with Crippen molar-refractivity contribution in [2.24, 2.45) is 5.41 Å². The number of aromatic nitrogens is 1. The number of hydrogen-bond acceptors (Lipinski definition) is 2. The average molecular weight is 348 g/mol. The molecule has 3 heterocycles. The number of fused-ring (bicyclic) bond motifs is 1. The zero-order chi connectivity index (χ0) is 17.3. The van der Waals surface area contributed by atoms with Gasteiger partial charge in [0.25, 0.3) is 0 Å². The number of aryl methyl sites for hydroxylation is 1. The standard InChI is InChI=1S/C23H29N3/c1-16-12-20(17-2-3-17)21(19-4-9-24-22(16)19)13-25-10-5-18(6-11-25)26-14-23(15-26)7-8-23/h4-5,9,12,17,24H,2-3,6-8,10-11,13-15H2,1H3. The SMILES string of the molecule is Cc1cc(C2CC2)c(CN2CC=C(N3CC4(CC4)C3)CC2)c2cc[nH]c12. The van der Waals surface area contributed by atoms with E-state index in [1.807, 2.05) is 0 Å². The van der Waals surface area contributed by atoms with E-state index < -0.39 is 0 Å². The summed E-state index contributed by atoms with van der Waals surface area (Å²) in [6.45, 7) is 8.36. The Hall–Kier alpha value is -1.74. The molecule has 1 aromatic heterocycles. The van der Waals surface area contributed by atoms with Crippen molar-refractivity contribution >= 4 is 10.9 Å². The summed E-state index contributed by atoms with van der Waals surface area (Å²) in [6, 6.07) is 4.76. The number of H-pyrrole nitrogens is 1. The molecule has 0 atom stereocenters. The topological polar surface area (TPSA) is 22.3 Å². The van der Waals surface area contributed by atoms with Crippen LogP contribution in [0.15, 0.2) is 30.1 Å². The van der Waals surface area contributed by atoms with Crippen molar-refractivity contribution < 1.29 is 0 Å². The van der Waals surface area contributed by atoms with Crippen molar-refractivity contribution in [1.82, 2.24) is 14.8 Å². The first-order valence-electron chi connectivity index (χ1n) is 10.5. The minimum absolute atomic E-state index is 0.763. The van der Waals surface area contributed by atoms with Gasteiger partial charge in [-0.25, -0.2) is 0 Å². The minimum atomic E-state index is 0.763. The van der Waals surface area contributed by atoms with Crippen molar-refractivity contribution in [2.45, 2.75) is 51.5 Å². The quantitative estimate of drug-likeness (QED) is 0.877. The smallest absolute Gasteiger partial charge is 0.0487 e. The molecule has 0 bridgehead atoms. The molecule has 3 fully saturated rings. The van der Waals surface area contributed by atoms with Gasteiger partial charge >= 0.3 is 0 Å². The number of aromatic amines is 1. The van der Waals surface area contributed by atoms with Crippen LogP contribution in [0.3, 0.4) is 0 Å². The number of nitrogens with zero attached hydrogens (tertiary/aromatic N) is 2. The Morgan fingerprint density at radius 2 is 2.08 bits per heavy atom. The highest BCUT2D eigenvalue weighted by Crippen LogP contribution is 2.54. The second kappa shape index (κ2) is 5.39. The maximum Gasteiger partial charge on any atom is 0.0487 e. The summed E-state index contributed by atoms with van der Waals surface area (Å²) in [5.74, 6) is 0.815. The second-order valence-corrected chi connectivity index (χ2v) is 9.34. The van der Waals surface area contributed by atoms with Gasteiger partial charge in [-0.05, 0) is 67.7 Å². The molecule has 2 saturated carbocycles. The number of nitrogens with one attached hydrogen (secondary N) is 1. The molecule has 2 aliphatic heterocycles. The number of benzene rings is 1. The largest absolute Gasteiger partial charge is 0.374 e. The lowest BCUT2D eigenvalue weighted by Gasteiger charge is -2.45. The molecule has 1 saturated heterocycles. The molecule has 0 radical (unpaired) electrons. The summed E-state index contributed by atoms with van der Waals surface area (Å²) in [4.78, 5) is 8.77. The van der Waals surface area contributed by atoms with Crippen molar-refractivity contribution in [2.75, 3.05) is 26.2 Å². The van der Waals surface area contributed by atoms with E-state index in [0.717, 1.165) is 24.4 Å². The molecule has 3 nitrogen and oxygen atoms in total. The molecule has 2 aromatic rings. The maximum atomic E-state index is 3.47. The predicted octanol–water partition coefficient (Wildman–Crippen LogP) is 4.54. The maximum absolute atomic E-state index is 3.47. The lowest BCUT2D eigenvalue weighted by Crippen LogP contribution is -2.48. The summed E-state index contributed by atoms with van der Waals surface area (Å²) in [7, 11) is 0. The third-order valence-corrected chi connectivity index (χ3v) is 7.27. The lowest BCUT2D eigenvalue weighted by molar-refractivity contribution is 0.108. The fraction of sp³-hybridized carbons (Fsp3) is 0.565. The van der Waals surface area contributed by atoms with Gasteiger partial charge in [0, 0.05) is 60.9 Å². The fourth-order valence-corrected chi connectivity index (χ4v) is 5.24. The molecule has 3 heteroatoms. The van der Waals surface area contributed by atoms with Crippen molar-refractivity contribution in [3.05, 3.63) is 46.8 Å². The summed E-state index contributed by atoms with van der Waals surface area (Å²) in [5, 5.41) is 1.46. The Balaban J connectivity index is 1.23. The van der Waals surface area contributed by atoms with Crippen LogP contribution in [0, 0.1) is 12.3 Å². The van der Waals surface area contributed by atoms with Crippen LogP contribution in [-0.4, -0.2) is 41.0 Å². The highest BCUT2D eigenvalue weighted by atomic mass is 15.2. The number of likely N-dealkylation sites (tertiary alicyclic amines) is 1. The van der Waals surface area contributed by atoms with E-state index in [4.69, 9.17) is 0 Å². The van der Waals surface area contributed by atoms with Crippen LogP contribution in [0.2, 0.25) is 0 Å². The van der Waals surface area contributed by atoms with Crippen LogP contribution < -0.4 is 0 Å². The summed E-state index contributed by atoms with van der Waals surface area (Å²) in [5.41, 5.74) is 8.35. The van der Waals surface area contributed by atoms with Gasteiger partial charge in [0.05, 0.1) is 0 Å². The molecule has 4 aliphatic rings. The molecule has 0 unspecified atom stereocenters. The van der Waals surface area contributed by atoms with E-state index in [2.05, 4.69) is 46.1 Å². The molecule has 26 heavy (non-hydrogen) atoms. The second-order valence-electron chi connectivity index (χ2n) is 9.34. The van der Waals surface area contributed by atoms with E-state index in [-0.39, 0.29) is 0 Å². The average Bonchev–Trinajstić information content (AvgIpc) is 3.54. The van der Waals surface area contributed by atoms with Crippen LogP contribution in [0.5, 0.6) is 0 Å². The van der Waals surface area contributed by atoms with Gasteiger partial charge in [0.15, 0.2) is 0 Å². The molecule has 1 aromatic carbocycles. The first-order chi connectivity index (χ1) is 12.7. The Morgan fingerprint density at radius 3 is 2.77 bits per heavy atom. The lowest BCUT2D eigenvalue weighted by atomic mass is 9.94. The van der Waals surface area contributed by atoms with Gasteiger partial charge in [-0.2, -0.15) is 0 Å². The van der Waals surface area contributed by atoms with Gasteiger partial charge in [0.2, 0.25) is 0 Å². The van der Waals surface area contributed by atoms with Crippen LogP contribution in [0.1, 0.15) is 54.7 Å². The molecular formula is C23H29N3. The Kier molecular flexibility index (Phi) is 3.18. The zero-order valence-electron chi connectivity index (χ0n) is 15.9. The van der Waals surface area contributed by atoms with Crippen molar-refractivity contribution in [1.29, 1.82) is 0 Å². The van der Waals surface area contributed by atoms with E-state index in [0.29, 0.717) is 0 Å². The van der Waals surface area contributed by atoms with E-state index in [1.165, 1.54) is 68.2 Å². The van der Waals surface area contributed by atoms with Gasteiger partial charge in [-0.3, -0.25) is 4.90 Å². The zero-order valence-corrected chi connectivity index (χ0v) is 15.9. The third-order valence-electron chi connectivity index (χ3n) is 7.27. The van der Waals surface area contributed by atoms with Crippen molar-refractivity contribution in [3.8, 4) is 0 Å². The number of rotatable bonds is 4. The highest BCUT2D eigenvalue weighted by Gasteiger charge is 2.52. The van der Waals surface area contributed by atoms with E-state index in [1.54, 1.807) is 16.8 Å². The molecule has 1 spiro atoms. The normalized spacial score (nSPS) is 24.8. The number of hydrogen-bond donors (Lipinski definition) is 1. The van der Waals surface area contributed by atoms with E-state index in [9.17, 15) is 0 Å². The summed E-state index contributed by atoms with van der Waals surface area (Å²) < 4.78 is 0. The summed E-state index contributed by atoms with van der Waals surface area (Å²) >= 11 is 0. The monoisotopic (exact) mass is 347 g/mol. The van der Waals surface area contributed by atoms with Gasteiger partial charge in [-0.1, -0.05) is 12.1 Å². The molecule has 6 rings (SSSR count). The first-order valence-corrected chi connectivity index (χ1v) is 10.5. The van der Waals surface area contributed by atoms with Crippen LogP contribution in [0.4, 0.5) is 0 Å². The molecule has 0 amide bonds. The van der Waals surface area contributed by atoms with Crippen LogP contribution in [-0.2, 0) is 6.54 Å². The third kappa shape index (κ3) is 2.44. The van der Waals surface area contributed by atoms with Crippen molar-refractivity contribution in [3.63, 3.8) is 0 Å². The molecular weight excluding hydrogens is 318 g/mol. The van der Waals surface area contributed by atoms with Gasteiger partial charge in [-0.15, -0.1) is 0 Å². The minimum Gasteiger partial charge on any atom is -0.374 e. The van der Waals surface area contributed by atoms with Crippen LogP contribution in [0.25, 0.3) is 10.9 Å². The Labute approximate surface area is 156 Å². The Morgan fingerprint density at radius 1 is 1.23 bits per heavy atom. The molecule has 2 aliphatic carbocycles. The predicted molar refractivity (Wildman–Crippen MR) is 106 cm³/mol. The summed E-state index contributed by atoms with van der Waals surface area (Å²) in [6.07, 6.45) is 11.6.